The van der Waals surface area contributed by atoms with Crippen molar-refractivity contribution < 1.29 is 4.79 Å². The molecule has 1 aromatic heterocycles. The minimum absolute atomic E-state index is 0.241. The van der Waals surface area contributed by atoms with Crippen LogP contribution in [0, 0.1) is 0 Å². The van der Waals surface area contributed by atoms with E-state index in [-0.39, 0.29) is 5.91 Å². The fourth-order valence-corrected chi connectivity index (χ4v) is 1.83. The Bertz CT molecular complexity index is 513. The summed E-state index contributed by atoms with van der Waals surface area (Å²) in [5.74, 6) is -0.241. The first kappa shape index (κ1) is 10.9. The molecule has 0 fully saturated rings. The van der Waals surface area contributed by atoms with Crippen LogP contribution in [0.3, 0.4) is 0 Å². The number of amides is 1. The molecule has 0 atom stereocenters. The third-order valence-corrected chi connectivity index (χ3v) is 3.00. The van der Waals surface area contributed by atoms with Crippen molar-refractivity contribution >= 4 is 40.2 Å². The number of nitrogens with two attached hydrogens (primary N) is 1. The van der Waals surface area contributed by atoms with Crippen LogP contribution in [0.5, 0.6) is 0 Å². The number of hydrogen-bond donors (Lipinski definition) is 2. The first-order valence-electron chi connectivity index (χ1n) is 4.41. The van der Waals surface area contributed by atoms with Gasteiger partial charge in [-0.2, -0.15) is 0 Å². The summed E-state index contributed by atoms with van der Waals surface area (Å²) in [4.78, 5) is 16.0. The van der Waals surface area contributed by atoms with Gasteiger partial charge in [0.2, 0.25) is 0 Å². The number of hydrogen-bond acceptors (Lipinski definition) is 4. The van der Waals surface area contributed by atoms with Crippen molar-refractivity contribution in [3.05, 3.63) is 39.8 Å². The molecule has 4 nitrogen and oxygen atoms in total. The van der Waals surface area contributed by atoms with Crippen molar-refractivity contribution in [1.82, 2.24) is 4.98 Å². The predicted octanol–water partition coefficient (Wildman–Crippen LogP) is 2.63. The normalized spacial score (nSPS) is 10.1. The molecule has 0 aliphatic rings. The molecule has 0 spiro atoms. The van der Waals surface area contributed by atoms with E-state index in [9.17, 15) is 4.79 Å². The van der Waals surface area contributed by atoms with Gasteiger partial charge in [-0.1, -0.05) is 11.6 Å². The molecule has 0 bridgehead atoms. The van der Waals surface area contributed by atoms with Gasteiger partial charge >= 0.3 is 0 Å². The maximum Gasteiger partial charge on any atom is 0.267 e. The van der Waals surface area contributed by atoms with Crippen LogP contribution >= 0.6 is 22.9 Å². The van der Waals surface area contributed by atoms with E-state index in [0.29, 0.717) is 21.3 Å². The number of thiazole rings is 1. The number of carbonyl (C=O) groups is 1. The van der Waals surface area contributed by atoms with Crippen LogP contribution in [0.4, 0.5) is 11.4 Å². The third-order valence-electron chi connectivity index (χ3n) is 1.89. The quantitative estimate of drug-likeness (QED) is 0.809. The molecule has 6 heteroatoms. The Morgan fingerprint density at radius 2 is 2.31 bits per heavy atom. The second kappa shape index (κ2) is 4.51. The van der Waals surface area contributed by atoms with Gasteiger partial charge in [0.05, 0.1) is 22.4 Å². The maximum absolute atomic E-state index is 11.7. The second-order valence-corrected chi connectivity index (χ2v) is 4.35. The smallest absolute Gasteiger partial charge is 0.267 e. The van der Waals surface area contributed by atoms with Crippen LogP contribution in [0.15, 0.2) is 29.9 Å². The van der Waals surface area contributed by atoms with Gasteiger partial charge < -0.3 is 11.1 Å². The maximum atomic E-state index is 11.7. The molecule has 1 amide bonds. The number of nitrogens with one attached hydrogen (secondary N) is 1. The molecule has 0 aliphatic heterocycles. The molecule has 1 aromatic carbocycles. The number of anilines is 2. The van der Waals surface area contributed by atoms with Crippen molar-refractivity contribution in [2.24, 2.45) is 0 Å². The standard InChI is InChI=1S/C10H8ClN3OS/c11-7-2-1-6(12)3-8(7)14-10(15)9-4-13-5-16-9/h1-5H,12H2,(H,14,15). The molecule has 0 aliphatic carbocycles. The fourth-order valence-electron chi connectivity index (χ4n) is 1.15. The Balaban J connectivity index is 2.21. The highest BCUT2D eigenvalue weighted by molar-refractivity contribution is 7.11. The van der Waals surface area contributed by atoms with Gasteiger partial charge in [0.1, 0.15) is 4.88 Å². The first-order chi connectivity index (χ1) is 7.66. The molecular weight excluding hydrogens is 246 g/mol. The van der Waals surface area contributed by atoms with Crippen molar-refractivity contribution in [2.75, 3.05) is 11.1 Å². The zero-order valence-corrected chi connectivity index (χ0v) is 9.68. The Hall–Kier alpha value is -1.59. The number of carbonyl (C=O) groups excluding carboxylic acids is 1. The summed E-state index contributed by atoms with van der Waals surface area (Å²) < 4.78 is 0. The Morgan fingerprint density at radius 3 is 3.00 bits per heavy atom. The Kier molecular flexibility index (Phi) is 3.07. The van der Waals surface area contributed by atoms with E-state index in [1.54, 1.807) is 23.7 Å². The van der Waals surface area contributed by atoms with Crippen LogP contribution < -0.4 is 11.1 Å². The minimum Gasteiger partial charge on any atom is -0.399 e. The zero-order chi connectivity index (χ0) is 11.5. The van der Waals surface area contributed by atoms with E-state index in [1.165, 1.54) is 17.5 Å². The van der Waals surface area contributed by atoms with E-state index >= 15 is 0 Å². The number of halogens is 1. The lowest BCUT2D eigenvalue weighted by Gasteiger charge is -2.06. The van der Waals surface area contributed by atoms with Crippen LogP contribution in [0.2, 0.25) is 5.02 Å². The summed E-state index contributed by atoms with van der Waals surface area (Å²) in [7, 11) is 0. The number of nitrogens with zero attached hydrogens (tertiary/aromatic N) is 1. The topological polar surface area (TPSA) is 68.0 Å². The molecule has 1 heterocycles. The molecule has 0 saturated carbocycles. The van der Waals surface area contributed by atoms with E-state index in [1.807, 2.05) is 0 Å². The highest BCUT2D eigenvalue weighted by Crippen LogP contribution is 2.24. The van der Waals surface area contributed by atoms with Gasteiger partial charge in [-0.25, -0.2) is 0 Å². The molecule has 0 unspecified atom stereocenters. The zero-order valence-electron chi connectivity index (χ0n) is 8.11. The highest BCUT2D eigenvalue weighted by Gasteiger charge is 2.09. The van der Waals surface area contributed by atoms with Crippen molar-refractivity contribution in [1.29, 1.82) is 0 Å². The van der Waals surface area contributed by atoms with Crippen LogP contribution in [0.1, 0.15) is 9.67 Å². The van der Waals surface area contributed by atoms with E-state index < -0.39 is 0 Å². The lowest BCUT2D eigenvalue weighted by atomic mass is 10.3. The van der Waals surface area contributed by atoms with Crippen LogP contribution in [-0.4, -0.2) is 10.9 Å². The van der Waals surface area contributed by atoms with Crippen LogP contribution in [-0.2, 0) is 0 Å². The number of rotatable bonds is 2. The average molecular weight is 254 g/mol. The lowest BCUT2D eigenvalue weighted by Crippen LogP contribution is -2.10. The summed E-state index contributed by atoms with van der Waals surface area (Å²) in [6.45, 7) is 0. The number of nitrogen functional groups attached to an aromatic ring is 1. The first-order valence-corrected chi connectivity index (χ1v) is 5.67. The predicted molar refractivity (Wildman–Crippen MR) is 65.9 cm³/mol. The van der Waals surface area contributed by atoms with E-state index in [2.05, 4.69) is 10.3 Å². The summed E-state index contributed by atoms with van der Waals surface area (Å²) in [5, 5.41) is 3.12. The van der Waals surface area contributed by atoms with Crippen LogP contribution in [0.25, 0.3) is 0 Å². The molecule has 0 saturated heterocycles. The molecule has 16 heavy (non-hydrogen) atoms. The monoisotopic (exact) mass is 253 g/mol. The van der Waals surface area contributed by atoms with Crippen molar-refractivity contribution in [3.8, 4) is 0 Å². The van der Waals surface area contributed by atoms with Gasteiger partial charge in [0.25, 0.3) is 5.91 Å². The molecule has 2 aromatic rings. The van der Waals surface area contributed by atoms with Crippen molar-refractivity contribution in [3.63, 3.8) is 0 Å². The number of benzene rings is 1. The number of aromatic nitrogens is 1. The van der Waals surface area contributed by atoms with E-state index in [4.69, 9.17) is 17.3 Å². The molecule has 3 N–H and O–H groups in total. The molecular formula is C10H8ClN3OS. The SMILES string of the molecule is Nc1ccc(Cl)c(NC(=O)c2cncs2)c1. The third kappa shape index (κ3) is 2.32. The Labute approximate surface area is 101 Å². The van der Waals surface area contributed by atoms with Gasteiger partial charge in [0.15, 0.2) is 0 Å². The summed E-state index contributed by atoms with van der Waals surface area (Å²) in [6.07, 6.45) is 1.50. The van der Waals surface area contributed by atoms with E-state index in [0.717, 1.165) is 0 Å². The highest BCUT2D eigenvalue weighted by atomic mass is 35.5. The summed E-state index contributed by atoms with van der Waals surface area (Å²) >= 11 is 7.18. The summed E-state index contributed by atoms with van der Waals surface area (Å²) in [5.41, 5.74) is 8.24. The summed E-state index contributed by atoms with van der Waals surface area (Å²) in [6, 6.07) is 4.92. The lowest BCUT2D eigenvalue weighted by molar-refractivity contribution is 0.103. The van der Waals surface area contributed by atoms with Gasteiger partial charge in [-0.3, -0.25) is 9.78 Å². The van der Waals surface area contributed by atoms with Gasteiger partial charge in [0, 0.05) is 5.69 Å². The van der Waals surface area contributed by atoms with Gasteiger partial charge in [-0.05, 0) is 18.2 Å². The van der Waals surface area contributed by atoms with Crippen molar-refractivity contribution in [2.45, 2.75) is 0 Å². The largest absolute Gasteiger partial charge is 0.399 e. The van der Waals surface area contributed by atoms with Gasteiger partial charge in [-0.15, -0.1) is 11.3 Å². The second-order valence-electron chi connectivity index (χ2n) is 3.06. The molecule has 0 radical (unpaired) electrons. The minimum atomic E-state index is -0.241. The fraction of sp³-hybridized carbons (Fsp3) is 0. The Morgan fingerprint density at radius 1 is 1.50 bits per heavy atom. The molecule has 82 valence electrons. The average Bonchev–Trinajstić information content (AvgIpc) is 2.76. The molecule has 2 rings (SSSR count).